The van der Waals surface area contributed by atoms with E-state index in [1.54, 1.807) is 0 Å². The summed E-state index contributed by atoms with van der Waals surface area (Å²) in [5.41, 5.74) is 0.709. The zero-order valence-corrected chi connectivity index (χ0v) is 37.6. The molecule has 11 atom stereocenters. The summed E-state index contributed by atoms with van der Waals surface area (Å²) in [5, 5.41) is 0. The summed E-state index contributed by atoms with van der Waals surface area (Å²) in [6.45, 7) is 32.1. The minimum absolute atomic E-state index is 0.138. The van der Waals surface area contributed by atoms with Crippen molar-refractivity contribution in [1.82, 2.24) is 0 Å². The van der Waals surface area contributed by atoms with Crippen LogP contribution in [0.2, 0.25) is 0 Å². The van der Waals surface area contributed by atoms with Gasteiger partial charge in [0.25, 0.3) is 0 Å². The van der Waals surface area contributed by atoms with E-state index in [9.17, 15) is 9.59 Å². The van der Waals surface area contributed by atoms with Gasteiger partial charge in [-0.05, 0) is 140 Å². The van der Waals surface area contributed by atoms with Crippen LogP contribution in [0, 0.1) is 87.8 Å². The van der Waals surface area contributed by atoms with Crippen molar-refractivity contribution in [3.63, 3.8) is 0 Å². The van der Waals surface area contributed by atoms with Crippen molar-refractivity contribution in [3.05, 3.63) is 0 Å². The first kappa shape index (κ1) is 46.3. The topological polar surface area (TPSA) is 52.6 Å². The molecule has 4 nitrogen and oxygen atoms in total. The minimum Gasteiger partial charge on any atom is -0.465 e. The number of carbonyl (C=O) groups is 2. The van der Waals surface area contributed by atoms with Gasteiger partial charge in [0.2, 0.25) is 0 Å². The quantitative estimate of drug-likeness (QED) is 0.117. The summed E-state index contributed by atoms with van der Waals surface area (Å²) in [5.74, 6) is 5.00. The van der Waals surface area contributed by atoms with Crippen molar-refractivity contribution in [3.8, 4) is 0 Å². The van der Waals surface area contributed by atoms with Crippen molar-refractivity contribution in [1.29, 1.82) is 0 Å². The van der Waals surface area contributed by atoms with E-state index < -0.39 is 5.92 Å². The van der Waals surface area contributed by atoms with Crippen LogP contribution in [-0.4, -0.2) is 25.2 Å². The number of carbonyl (C=O) groups excluding carboxylic acids is 2. The molecule has 3 aliphatic rings. The molecule has 0 aromatic rings. The van der Waals surface area contributed by atoms with Crippen molar-refractivity contribution in [2.24, 2.45) is 87.8 Å². The molecule has 0 saturated heterocycles. The summed E-state index contributed by atoms with van der Waals surface area (Å²) in [4.78, 5) is 27.7. The lowest BCUT2D eigenvalue weighted by Gasteiger charge is -2.47. The van der Waals surface area contributed by atoms with Gasteiger partial charge in [0.15, 0.2) is 0 Å². The second kappa shape index (κ2) is 21.5. The smallest absolute Gasteiger partial charge is 0.310 e. The number of esters is 2. The SMILES string of the molecule is CCCCC(C)CC(C)CC1(C)CC(C)C(COC(=O)C2CCCC(C)C2C(=O)OCC2C(C)CC(C)(CC(C)CC(C)CCCC)CC2C)C(C)C1. The Hall–Kier alpha value is -1.06. The zero-order valence-electron chi connectivity index (χ0n) is 37.6. The number of unbranched alkanes of at least 4 members (excludes halogenated alkanes) is 2. The van der Waals surface area contributed by atoms with Crippen LogP contribution in [0.25, 0.3) is 0 Å². The molecule has 0 spiro atoms. The van der Waals surface area contributed by atoms with Crippen LogP contribution in [0.1, 0.15) is 199 Å². The number of hydrogen-bond donors (Lipinski definition) is 0. The van der Waals surface area contributed by atoms with Gasteiger partial charge in [0.1, 0.15) is 0 Å². The number of ether oxygens (including phenoxy) is 2. The summed E-state index contributed by atoms with van der Waals surface area (Å²) in [6.07, 6.45) is 20.7. The monoisotopic (exact) mass is 743 g/mol. The Balaban J connectivity index is 1.52. The average Bonchev–Trinajstić information content (AvgIpc) is 3.04. The molecule has 0 aromatic carbocycles. The predicted octanol–water partition coefficient (Wildman–Crippen LogP) is 14.0. The van der Waals surface area contributed by atoms with Crippen molar-refractivity contribution in [2.45, 2.75) is 199 Å². The Morgan fingerprint density at radius 1 is 0.585 bits per heavy atom. The van der Waals surface area contributed by atoms with Crippen molar-refractivity contribution >= 4 is 11.9 Å². The molecule has 0 heterocycles. The molecule has 11 unspecified atom stereocenters. The first-order valence-electron chi connectivity index (χ1n) is 23.2. The van der Waals surface area contributed by atoms with Gasteiger partial charge in [-0.25, -0.2) is 0 Å². The Bertz CT molecular complexity index is 1060. The lowest BCUT2D eigenvalue weighted by molar-refractivity contribution is -0.169. The van der Waals surface area contributed by atoms with E-state index in [2.05, 4.69) is 90.0 Å². The molecule has 0 aromatic heterocycles. The molecule has 0 amide bonds. The number of rotatable bonds is 20. The molecule has 0 bridgehead atoms. The highest BCUT2D eigenvalue weighted by Crippen LogP contribution is 2.51. The van der Waals surface area contributed by atoms with Crippen LogP contribution in [0.5, 0.6) is 0 Å². The van der Waals surface area contributed by atoms with E-state index in [-0.39, 0.29) is 23.8 Å². The van der Waals surface area contributed by atoms with Crippen LogP contribution in [-0.2, 0) is 19.1 Å². The van der Waals surface area contributed by atoms with Crippen molar-refractivity contribution < 1.29 is 19.1 Å². The first-order chi connectivity index (χ1) is 24.9. The summed E-state index contributed by atoms with van der Waals surface area (Å²) in [6, 6.07) is 0. The van der Waals surface area contributed by atoms with Gasteiger partial charge in [-0.2, -0.15) is 0 Å². The largest absolute Gasteiger partial charge is 0.465 e. The molecule has 4 heteroatoms. The number of hydrogen-bond acceptors (Lipinski definition) is 4. The molecule has 3 fully saturated rings. The predicted molar refractivity (Wildman–Crippen MR) is 224 cm³/mol. The summed E-state index contributed by atoms with van der Waals surface area (Å²) in [7, 11) is 0. The Kier molecular flexibility index (Phi) is 18.8. The normalized spacial score (nSPS) is 37.3. The van der Waals surface area contributed by atoms with E-state index in [1.165, 1.54) is 89.9 Å². The van der Waals surface area contributed by atoms with Gasteiger partial charge >= 0.3 is 11.9 Å². The van der Waals surface area contributed by atoms with E-state index >= 15 is 0 Å². The molecule has 310 valence electrons. The Morgan fingerprint density at radius 2 is 0.981 bits per heavy atom. The van der Waals surface area contributed by atoms with Gasteiger partial charge in [-0.1, -0.05) is 135 Å². The van der Waals surface area contributed by atoms with Crippen LogP contribution in [0.4, 0.5) is 0 Å². The minimum atomic E-state index is -0.392. The maximum absolute atomic E-state index is 13.9. The van der Waals surface area contributed by atoms with Crippen LogP contribution < -0.4 is 0 Å². The molecule has 3 rings (SSSR count). The fraction of sp³-hybridized carbons (Fsp3) is 0.959. The maximum atomic E-state index is 13.9. The van der Waals surface area contributed by atoms with Gasteiger partial charge in [-0.15, -0.1) is 0 Å². The van der Waals surface area contributed by atoms with E-state index in [0.717, 1.165) is 42.9 Å². The summed E-state index contributed by atoms with van der Waals surface area (Å²) < 4.78 is 12.4. The van der Waals surface area contributed by atoms with E-state index in [0.29, 0.717) is 59.6 Å². The van der Waals surface area contributed by atoms with E-state index in [1.807, 2.05) is 0 Å². The fourth-order valence-corrected chi connectivity index (χ4v) is 13.2. The van der Waals surface area contributed by atoms with E-state index in [4.69, 9.17) is 9.47 Å². The highest BCUT2D eigenvalue weighted by molar-refractivity contribution is 5.82. The van der Waals surface area contributed by atoms with Gasteiger partial charge in [0.05, 0.1) is 25.0 Å². The maximum Gasteiger partial charge on any atom is 0.310 e. The Labute approximate surface area is 330 Å². The first-order valence-corrected chi connectivity index (χ1v) is 23.2. The molecular weight excluding hydrogens is 653 g/mol. The molecule has 3 saturated carbocycles. The van der Waals surface area contributed by atoms with Gasteiger partial charge < -0.3 is 9.47 Å². The standard InChI is InChI=1S/C49H90O4/c1-14-16-19-33(3)23-35(5)25-48(12)27-38(8)43(39(9)28-48)31-52-46(50)42-22-18-21-37(7)45(42)47(51)53-32-44-40(10)29-49(13,30-41(44)11)26-36(6)24-34(4)20-17-15-2/h33-45H,14-32H2,1-13H3. The molecule has 0 radical (unpaired) electrons. The van der Waals surface area contributed by atoms with Crippen molar-refractivity contribution in [2.75, 3.05) is 13.2 Å². The highest BCUT2D eigenvalue weighted by Gasteiger charge is 2.46. The molecule has 53 heavy (non-hydrogen) atoms. The molecule has 0 N–H and O–H groups in total. The second-order valence-electron chi connectivity index (χ2n) is 21.6. The third-order valence-corrected chi connectivity index (χ3v) is 15.2. The highest BCUT2D eigenvalue weighted by atomic mass is 16.5. The molecule has 3 aliphatic carbocycles. The lowest BCUT2D eigenvalue weighted by Crippen LogP contribution is -2.43. The van der Waals surface area contributed by atoms with Crippen LogP contribution >= 0.6 is 0 Å². The zero-order chi connectivity index (χ0) is 39.5. The third kappa shape index (κ3) is 14.1. The van der Waals surface area contributed by atoms with Gasteiger partial charge in [0, 0.05) is 0 Å². The van der Waals surface area contributed by atoms with Gasteiger partial charge in [-0.3, -0.25) is 9.59 Å². The fourth-order valence-electron chi connectivity index (χ4n) is 13.2. The molecular formula is C49H90O4. The lowest BCUT2D eigenvalue weighted by atomic mass is 9.59. The molecule has 0 aliphatic heterocycles. The van der Waals surface area contributed by atoms with Crippen LogP contribution in [0.3, 0.4) is 0 Å². The third-order valence-electron chi connectivity index (χ3n) is 15.2. The van der Waals surface area contributed by atoms with Crippen LogP contribution in [0.15, 0.2) is 0 Å². The second-order valence-corrected chi connectivity index (χ2v) is 21.6. The Morgan fingerprint density at radius 3 is 1.38 bits per heavy atom. The summed E-state index contributed by atoms with van der Waals surface area (Å²) >= 11 is 0. The average molecular weight is 743 g/mol.